The van der Waals surface area contributed by atoms with Gasteiger partial charge in [-0.3, -0.25) is 0 Å². The monoisotopic (exact) mass is 175 g/mol. The first kappa shape index (κ1) is 11.7. The molecule has 0 saturated carbocycles. The van der Waals surface area contributed by atoms with Gasteiger partial charge in [-0.25, -0.2) is 4.85 Å². The molecule has 1 aromatic carbocycles. The summed E-state index contributed by atoms with van der Waals surface area (Å²) in [5, 5.41) is 0. The Morgan fingerprint density at radius 3 is 2.08 bits per heavy atom. The van der Waals surface area contributed by atoms with Crippen molar-refractivity contribution in [2.75, 3.05) is 0 Å². The van der Waals surface area contributed by atoms with Crippen LogP contribution in [-0.2, 0) is 0 Å². The SMILES string of the molecule is CC.[C-]#[N+]c1ccccc1C(C)C. The topological polar surface area (TPSA) is 4.36 Å². The van der Waals surface area contributed by atoms with Crippen LogP contribution >= 0.6 is 0 Å². The fraction of sp³-hybridized carbons (Fsp3) is 0.417. The fourth-order valence-electron chi connectivity index (χ4n) is 1.08. The molecule has 0 aliphatic rings. The highest BCUT2D eigenvalue weighted by atomic mass is 14.6. The molecule has 0 N–H and O–H groups in total. The fourth-order valence-corrected chi connectivity index (χ4v) is 1.08. The second kappa shape index (κ2) is 6.25. The molecular weight excluding hydrogens is 158 g/mol. The summed E-state index contributed by atoms with van der Waals surface area (Å²) in [6, 6.07) is 7.75. The standard InChI is InChI=1S/C10H11N.C2H6/c1-8(2)9-6-4-5-7-10(9)11-3;1-2/h4-8H,1-2H3;1-2H3. The van der Waals surface area contributed by atoms with Gasteiger partial charge in [0.05, 0.1) is 6.57 Å². The van der Waals surface area contributed by atoms with Crippen molar-refractivity contribution in [3.05, 3.63) is 41.2 Å². The number of nitrogens with zero attached hydrogens (tertiary/aromatic N) is 1. The molecule has 70 valence electrons. The average molecular weight is 175 g/mol. The van der Waals surface area contributed by atoms with Crippen molar-refractivity contribution in [2.45, 2.75) is 33.6 Å². The lowest BCUT2D eigenvalue weighted by molar-refractivity contribution is 0.871. The molecule has 0 atom stereocenters. The van der Waals surface area contributed by atoms with E-state index in [-0.39, 0.29) is 0 Å². The first-order chi connectivity index (χ1) is 6.25. The molecule has 0 radical (unpaired) electrons. The third kappa shape index (κ3) is 3.29. The lowest BCUT2D eigenvalue weighted by Gasteiger charge is -2.05. The second-order valence-electron chi connectivity index (χ2n) is 2.83. The van der Waals surface area contributed by atoms with Crippen molar-refractivity contribution < 1.29 is 0 Å². The van der Waals surface area contributed by atoms with Gasteiger partial charge in [-0.15, -0.1) is 0 Å². The molecule has 0 saturated heterocycles. The van der Waals surface area contributed by atoms with Gasteiger partial charge in [0.15, 0.2) is 5.69 Å². The van der Waals surface area contributed by atoms with Crippen molar-refractivity contribution in [3.63, 3.8) is 0 Å². The van der Waals surface area contributed by atoms with Gasteiger partial charge in [-0.1, -0.05) is 52.0 Å². The van der Waals surface area contributed by atoms with E-state index in [9.17, 15) is 0 Å². The van der Waals surface area contributed by atoms with Crippen LogP contribution in [-0.4, -0.2) is 0 Å². The first-order valence-corrected chi connectivity index (χ1v) is 4.72. The predicted molar refractivity (Wildman–Crippen MR) is 58.1 cm³/mol. The highest BCUT2D eigenvalue weighted by Crippen LogP contribution is 2.25. The minimum atomic E-state index is 0.445. The van der Waals surface area contributed by atoms with Gasteiger partial charge < -0.3 is 0 Å². The maximum atomic E-state index is 6.90. The van der Waals surface area contributed by atoms with E-state index in [0.29, 0.717) is 5.92 Å². The lowest BCUT2D eigenvalue weighted by atomic mass is 10.0. The number of para-hydroxylation sites is 1. The van der Waals surface area contributed by atoms with Gasteiger partial charge in [0.1, 0.15) is 0 Å². The second-order valence-corrected chi connectivity index (χ2v) is 2.83. The van der Waals surface area contributed by atoms with Crippen LogP contribution in [0, 0.1) is 6.57 Å². The summed E-state index contributed by atoms with van der Waals surface area (Å²) < 4.78 is 0. The molecule has 1 rings (SSSR count). The van der Waals surface area contributed by atoms with Crippen molar-refractivity contribution in [1.82, 2.24) is 0 Å². The van der Waals surface area contributed by atoms with Gasteiger partial charge in [0.2, 0.25) is 0 Å². The summed E-state index contributed by atoms with van der Waals surface area (Å²) in [7, 11) is 0. The van der Waals surface area contributed by atoms with Crippen molar-refractivity contribution in [3.8, 4) is 0 Å². The van der Waals surface area contributed by atoms with E-state index in [1.165, 1.54) is 0 Å². The summed E-state index contributed by atoms with van der Waals surface area (Å²) in [4.78, 5) is 3.44. The smallest absolute Gasteiger partial charge is 0.190 e. The molecule has 0 aliphatic carbocycles. The Balaban J connectivity index is 0.000000671. The van der Waals surface area contributed by atoms with E-state index in [4.69, 9.17) is 6.57 Å². The third-order valence-corrected chi connectivity index (χ3v) is 1.68. The summed E-state index contributed by atoms with van der Waals surface area (Å²) >= 11 is 0. The quantitative estimate of drug-likeness (QED) is 0.558. The number of hydrogen-bond donors (Lipinski definition) is 0. The Kier molecular flexibility index (Phi) is 5.63. The molecule has 0 fully saturated rings. The van der Waals surface area contributed by atoms with Crippen LogP contribution in [0.2, 0.25) is 0 Å². The largest absolute Gasteiger partial charge is 0.238 e. The molecule has 0 aromatic heterocycles. The Labute approximate surface area is 81.2 Å². The zero-order chi connectivity index (χ0) is 10.3. The number of hydrogen-bond acceptors (Lipinski definition) is 0. The van der Waals surface area contributed by atoms with Crippen LogP contribution in [0.4, 0.5) is 5.69 Å². The van der Waals surface area contributed by atoms with Crippen LogP contribution in [0.25, 0.3) is 4.85 Å². The molecule has 0 amide bonds. The van der Waals surface area contributed by atoms with E-state index in [0.717, 1.165) is 11.3 Å². The van der Waals surface area contributed by atoms with Crippen molar-refractivity contribution >= 4 is 5.69 Å². The molecule has 1 heteroatoms. The third-order valence-electron chi connectivity index (χ3n) is 1.68. The van der Waals surface area contributed by atoms with Gasteiger partial charge in [-0.05, 0) is 11.5 Å². The van der Waals surface area contributed by atoms with Crippen LogP contribution in [0.1, 0.15) is 39.2 Å². The summed E-state index contributed by atoms with van der Waals surface area (Å²) in [6.45, 7) is 15.1. The molecule has 13 heavy (non-hydrogen) atoms. The molecule has 1 aromatic rings. The number of rotatable bonds is 1. The van der Waals surface area contributed by atoms with Gasteiger partial charge in [0, 0.05) is 0 Å². The number of benzene rings is 1. The maximum absolute atomic E-state index is 6.90. The molecule has 1 nitrogen and oxygen atoms in total. The molecule has 0 unspecified atom stereocenters. The maximum Gasteiger partial charge on any atom is 0.190 e. The van der Waals surface area contributed by atoms with Crippen LogP contribution in [0.5, 0.6) is 0 Å². The summed E-state index contributed by atoms with van der Waals surface area (Å²) in [5.74, 6) is 0.445. The molecule has 0 heterocycles. The molecule has 0 bridgehead atoms. The molecule has 0 aliphatic heterocycles. The van der Waals surface area contributed by atoms with E-state index in [1.807, 2.05) is 38.1 Å². The Hall–Kier alpha value is -1.29. The highest BCUT2D eigenvalue weighted by Gasteiger charge is 2.03. The summed E-state index contributed by atoms with van der Waals surface area (Å²) in [5.41, 5.74) is 1.92. The highest BCUT2D eigenvalue weighted by molar-refractivity contribution is 5.53. The molecule has 0 spiro atoms. The Bertz CT molecular complexity index is 281. The van der Waals surface area contributed by atoms with Crippen molar-refractivity contribution in [2.24, 2.45) is 0 Å². The Morgan fingerprint density at radius 2 is 1.69 bits per heavy atom. The predicted octanol–water partition coefficient (Wildman–Crippen LogP) is 4.39. The zero-order valence-electron chi connectivity index (χ0n) is 8.83. The minimum Gasteiger partial charge on any atom is -0.238 e. The lowest BCUT2D eigenvalue weighted by Crippen LogP contribution is -1.85. The van der Waals surface area contributed by atoms with Crippen molar-refractivity contribution in [1.29, 1.82) is 0 Å². The zero-order valence-corrected chi connectivity index (χ0v) is 8.83. The van der Waals surface area contributed by atoms with E-state index >= 15 is 0 Å². The van der Waals surface area contributed by atoms with E-state index in [1.54, 1.807) is 0 Å². The molecular formula is C12H17N. The Morgan fingerprint density at radius 1 is 1.15 bits per heavy atom. The van der Waals surface area contributed by atoms with Gasteiger partial charge >= 0.3 is 0 Å². The van der Waals surface area contributed by atoms with Crippen LogP contribution in [0.3, 0.4) is 0 Å². The van der Waals surface area contributed by atoms with Crippen LogP contribution in [0.15, 0.2) is 24.3 Å². The average Bonchev–Trinajstić information content (AvgIpc) is 2.20. The van der Waals surface area contributed by atoms with E-state index in [2.05, 4.69) is 18.7 Å². The van der Waals surface area contributed by atoms with Crippen LogP contribution < -0.4 is 0 Å². The normalized spacial score (nSPS) is 8.62. The van der Waals surface area contributed by atoms with Gasteiger partial charge in [0.25, 0.3) is 0 Å². The minimum absolute atomic E-state index is 0.445. The van der Waals surface area contributed by atoms with Gasteiger partial charge in [-0.2, -0.15) is 0 Å². The first-order valence-electron chi connectivity index (χ1n) is 4.72. The summed E-state index contributed by atoms with van der Waals surface area (Å²) in [6.07, 6.45) is 0. The van der Waals surface area contributed by atoms with E-state index < -0.39 is 0 Å².